The molecule has 2 rings (SSSR count). The molecule has 0 spiro atoms. The van der Waals surface area contributed by atoms with E-state index >= 15 is 0 Å². The van der Waals surface area contributed by atoms with Gasteiger partial charge < -0.3 is 4.74 Å². The minimum absolute atomic E-state index is 0.106. The number of hydrogen-bond acceptors (Lipinski definition) is 2. The lowest BCUT2D eigenvalue weighted by Gasteiger charge is -2.20. The Hall–Kier alpha value is -1.57. The Balaban J connectivity index is 2.16. The lowest BCUT2D eigenvalue weighted by molar-refractivity contribution is -0.150. The summed E-state index contributed by atoms with van der Waals surface area (Å²) in [6, 6.07) is 9.89. The molecule has 1 aliphatic rings. The normalized spacial score (nSPS) is 27.7. The SMILES string of the molecule is C[C@H]1/C=C\C[C@H](c2ccccc2)OC(=O)C1. The Morgan fingerprint density at radius 3 is 2.75 bits per heavy atom. The number of esters is 1. The summed E-state index contributed by atoms with van der Waals surface area (Å²) in [5.41, 5.74) is 1.06. The molecule has 2 heteroatoms. The molecule has 16 heavy (non-hydrogen) atoms. The van der Waals surface area contributed by atoms with E-state index in [1.807, 2.05) is 37.3 Å². The first-order valence-corrected chi connectivity index (χ1v) is 5.67. The van der Waals surface area contributed by atoms with Crippen LogP contribution in [0, 0.1) is 5.92 Å². The van der Waals surface area contributed by atoms with E-state index in [1.165, 1.54) is 0 Å². The lowest BCUT2D eigenvalue weighted by Crippen LogP contribution is -2.15. The van der Waals surface area contributed by atoms with Gasteiger partial charge in [0.2, 0.25) is 0 Å². The number of carbonyl (C=O) groups excluding carboxylic acids is 1. The third-order valence-electron chi connectivity index (χ3n) is 2.75. The Morgan fingerprint density at radius 2 is 2.00 bits per heavy atom. The summed E-state index contributed by atoms with van der Waals surface area (Å²) in [6.07, 6.45) is 5.31. The number of carbonyl (C=O) groups is 1. The number of ether oxygens (including phenoxy) is 1. The molecule has 0 saturated carbocycles. The average molecular weight is 216 g/mol. The summed E-state index contributed by atoms with van der Waals surface area (Å²) in [6.45, 7) is 2.03. The van der Waals surface area contributed by atoms with Gasteiger partial charge >= 0.3 is 5.97 Å². The molecule has 1 heterocycles. The first-order valence-electron chi connectivity index (χ1n) is 5.67. The van der Waals surface area contributed by atoms with Crippen molar-refractivity contribution in [2.24, 2.45) is 5.92 Å². The van der Waals surface area contributed by atoms with Crippen LogP contribution in [-0.2, 0) is 9.53 Å². The van der Waals surface area contributed by atoms with Crippen LogP contribution >= 0.6 is 0 Å². The van der Waals surface area contributed by atoms with Crippen LogP contribution in [0.4, 0.5) is 0 Å². The van der Waals surface area contributed by atoms with Crippen molar-refractivity contribution >= 4 is 5.97 Å². The van der Waals surface area contributed by atoms with Crippen molar-refractivity contribution < 1.29 is 9.53 Å². The van der Waals surface area contributed by atoms with Crippen molar-refractivity contribution in [1.29, 1.82) is 0 Å². The van der Waals surface area contributed by atoms with Crippen LogP contribution in [0.25, 0.3) is 0 Å². The van der Waals surface area contributed by atoms with Crippen LogP contribution in [0.15, 0.2) is 42.5 Å². The maximum atomic E-state index is 11.6. The molecule has 84 valence electrons. The zero-order valence-corrected chi connectivity index (χ0v) is 9.43. The minimum Gasteiger partial charge on any atom is -0.457 e. The standard InChI is InChI=1S/C14H16O2/c1-11-6-5-9-13(16-14(15)10-11)12-7-3-2-4-8-12/h2-8,11,13H,9-10H2,1H3/b6-5-/t11-,13+/m0/s1. The highest BCUT2D eigenvalue weighted by Crippen LogP contribution is 2.25. The highest BCUT2D eigenvalue weighted by atomic mass is 16.5. The Morgan fingerprint density at radius 1 is 1.25 bits per heavy atom. The molecule has 1 aliphatic heterocycles. The first kappa shape index (κ1) is 10.9. The second kappa shape index (κ2) is 4.97. The fraction of sp³-hybridized carbons (Fsp3) is 0.357. The van der Waals surface area contributed by atoms with Crippen LogP contribution < -0.4 is 0 Å². The van der Waals surface area contributed by atoms with E-state index in [2.05, 4.69) is 12.2 Å². The van der Waals surface area contributed by atoms with Crippen molar-refractivity contribution in [3.63, 3.8) is 0 Å². The smallest absolute Gasteiger partial charge is 0.306 e. The van der Waals surface area contributed by atoms with Gasteiger partial charge in [0, 0.05) is 6.42 Å². The summed E-state index contributed by atoms with van der Waals surface area (Å²) >= 11 is 0. The number of rotatable bonds is 1. The van der Waals surface area contributed by atoms with Gasteiger partial charge in [-0.2, -0.15) is 0 Å². The summed E-state index contributed by atoms with van der Waals surface area (Å²) in [5.74, 6) is 0.176. The molecule has 2 atom stereocenters. The van der Waals surface area contributed by atoms with E-state index in [1.54, 1.807) is 0 Å². The molecule has 1 aromatic rings. The highest BCUT2D eigenvalue weighted by molar-refractivity contribution is 5.70. The van der Waals surface area contributed by atoms with E-state index in [-0.39, 0.29) is 18.0 Å². The maximum Gasteiger partial charge on any atom is 0.306 e. The van der Waals surface area contributed by atoms with Gasteiger partial charge in [0.15, 0.2) is 0 Å². The first-order chi connectivity index (χ1) is 7.75. The molecular formula is C14H16O2. The maximum absolute atomic E-state index is 11.6. The quantitative estimate of drug-likeness (QED) is 0.532. The Kier molecular flexibility index (Phi) is 3.40. The Bertz CT molecular complexity index is 381. The van der Waals surface area contributed by atoms with E-state index in [0.29, 0.717) is 6.42 Å². The second-order valence-electron chi connectivity index (χ2n) is 4.23. The number of hydrogen-bond donors (Lipinski definition) is 0. The van der Waals surface area contributed by atoms with Gasteiger partial charge in [-0.25, -0.2) is 0 Å². The molecule has 0 N–H and O–H groups in total. The van der Waals surface area contributed by atoms with E-state index < -0.39 is 0 Å². The summed E-state index contributed by atoms with van der Waals surface area (Å²) in [5, 5.41) is 0. The van der Waals surface area contributed by atoms with Crippen molar-refractivity contribution in [1.82, 2.24) is 0 Å². The second-order valence-corrected chi connectivity index (χ2v) is 4.23. The van der Waals surface area contributed by atoms with E-state index in [9.17, 15) is 4.79 Å². The van der Waals surface area contributed by atoms with Crippen LogP contribution in [0.5, 0.6) is 0 Å². The molecule has 0 amide bonds. The molecule has 0 aliphatic carbocycles. The highest BCUT2D eigenvalue weighted by Gasteiger charge is 2.18. The number of benzene rings is 1. The molecule has 0 unspecified atom stereocenters. The third-order valence-corrected chi connectivity index (χ3v) is 2.75. The van der Waals surface area contributed by atoms with Gasteiger partial charge in [0.25, 0.3) is 0 Å². The van der Waals surface area contributed by atoms with Crippen LogP contribution in [-0.4, -0.2) is 5.97 Å². The van der Waals surface area contributed by atoms with Crippen LogP contribution in [0.1, 0.15) is 31.4 Å². The molecule has 0 saturated heterocycles. The molecule has 0 bridgehead atoms. The zero-order valence-electron chi connectivity index (χ0n) is 9.43. The van der Waals surface area contributed by atoms with E-state index in [0.717, 1.165) is 12.0 Å². The number of allylic oxidation sites excluding steroid dienone is 1. The van der Waals surface area contributed by atoms with Gasteiger partial charge in [0.05, 0.1) is 6.42 Å². The largest absolute Gasteiger partial charge is 0.457 e. The van der Waals surface area contributed by atoms with Gasteiger partial charge in [-0.15, -0.1) is 0 Å². The van der Waals surface area contributed by atoms with Crippen molar-refractivity contribution in [2.45, 2.75) is 25.9 Å². The molecule has 1 aromatic carbocycles. The zero-order chi connectivity index (χ0) is 11.4. The molecule has 2 nitrogen and oxygen atoms in total. The predicted octanol–water partition coefficient (Wildman–Crippen LogP) is 3.26. The molecule has 0 radical (unpaired) electrons. The molecular weight excluding hydrogens is 200 g/mol. The van der Waals surface area contributed by atoms with E-state index in [4.69, 9.17) is 4.74 Å². The van der Waals surface area contributed by atoms with Crippen molar-refractivity contribution in [3.05, 3.63) is 48.0 Å². The van der Waals surface area contributed by atoms with Crippen LogP contribution in [0.3, 0.4) is 0 Å². The minimum atomic E-state index is -0.127. The molecule has 0 fully saturated rings. The average Bonchev–Trinajstić information content (AvgIpc) is 2.26. The predicted molar refractivity (Wildman–Crippen MR) is 62.8 cm³/mol. The Labute approximate surface area is 95.9 Å². The van der Waals surface area contributed by atoms with Gasteiger partial charge in [0.1, 0.15) is 6.10 Å². The summed E-state index contributed by atoms with van der Waals surface area (Å²) in [4.78, 5) is 11.6. The van der Waals surface area contributed by atoms with Crippen molar-refractivity contribution in [2.75, 3.05) is 0 Å². The fourth-order valence-corrected chi connectivity index (χ4v) is 1.89. The monoisotopic (exact) mass is 216 g/mol. The third kappa shape index (κ3) is 2.72. The van der Waals surface area contributed by atoms with Crippen LogP contribution in [0.2, 0.25) is 0 Å². The van der Waals surface area contributed by atoms with Gasteiger partial charge in [-0.1, -0.05) is 49.4 Å². The molecule has 0 aromatic heterocycles. The van der Waals surface area contributed by atoms with Crippen molar-refractivity contribution in [3.8, 4) is 0 Å². The van der Waals surface area contributed by atoms with Gasteiger partial charge in [-0.3, -0.25) is 4.79 Å². The fourth-order valence-electron chi connectivity index (χ4n) is 1.89. The lowest BCUT2D eigenvalue weighted by atomic mass is 10.0. The number of cyclic esters (lactones) is 1. The van der Waals surface area contributed by atoms with Gasteiger partial charge in [-0.05, 0) is 11.5 Å². The topological polar surface area (TPSA) is 26.3 Å². The summed E-state index contributed by atoms with van der Waals surface area (Å²) in [7, 11) is 0. The summed E-state index contributed by atoms with van der Waals surface area (Å²) < 4.78 is 5.46.